The number of anilines is 1. The molecule has 0 aliphatic rings. The molecule has 0 aliphatic carbocycles. The molecule has 1 atom stereocenters. The Morgan fingerprint density at radius 3 is 2.30 bits per heavy atom. The van der Waals surface area contributed by atoms with Gasteiger partial charge in [-0.2, -0.15) is 0 Å². The summed E-state index contributed by atoms with van der Waals surface area (Å²) < 4.78 is 40.5. The third-order valence-corrected chi connectivity index (χ3v) is 6.62. The second-order valence-electron chi connectivity index (χ2n) is 8.11. The van der Waals surface area contributed by atoms with Gasteiger partial charge in [0.25, 0.3) is 0 Å². The number of benzene rings is 2. The zero-order valence-electron chi connectivity index (χ0n) is 19.3. The average molecular weight is 498 g/mol. The molecule has 10 heteroatoms. The number of halogens is 2. The second-order valence-corrected chi connectivity index (χ2v) is 10.4. The van der Waals surface area contributed by atoms with E-state index in [0.29, 0.717) is 10.6 Å². The number of nitrogens with zero attached hydrogens (tertiary/aromatic N) is 2. The Hall–Kier alpha value is -2.65. The SMILES string of the molecule is Cc1c(Cl)cccc1N(CC(=O)N(Cc1ccccc1F)[C@H](C)C(=O)NC(C)C)S(C)(=O)=O. The summed E-state index contributed by atoms with van der Waals surface area (Å²) in [5, 5.41) is 3.08. The molecule has 7 nitrogen and oxygen atoms in total. The summed E-state index contributed by atoms with van der Waals surface area (Å²) >= 11 is 6.16. The van der Waals surface area contributed by atoms with Gasteiger partial charge in [-0.3, -0.25) is 13.9 Å². The molecule has 2 aromatic rings. The number of rotatable bonds is 9. The summed E-state index contributed by atoms with van der Waals surface area (Å²) in [7, 11) is -3.88. The van der Waals surface area contributed by atoms with Gasteiger partial charge in [-0.05, 0) is 51.5 Å². The van der Waals surface area contributed by atoms with Crippen LogP contribution >= 0.6 is 11.6 Å². The highest BCUT2D eigenvalue weighted by Gasteiger charge is 2.31. The highest BCUT2D eigenvalue weighted by Crippen LogP contribution is 2.28. The number of amides is 2. The van der Waals surface area contributed by atoms with Crippen molar-refractivity contribution in [3.05, 3.63) is 64.4 Å². The molecule has 0 aromatic heterocycles. The predicted octanol–water partition coefficient (Wildman–Crippen LogP) is 3.50. The number of carbonyl (C=O) groups is 2. The van der Waals surface area contributed by atoms with Gasteiger partial charge in [-0.15, -0.1) is 0 Å². The lowest BCUT2D eigenvalue weighted by Crippen LogP contribution is -2.52. The lowest BCUT2D eigenvalue weighted by atomic mass is 10.1. The number of hydrogen-bond donors (Lipinski definition) is 1. The minimum atomic E-state index is -3.88. The van der Waals surface area contributed by atoms with Crippen LogP contribution in [0.2, 0.25) is 5.02 Å². The van der Waals surface area contributed by atoms with Gasteiger partial charge in [-0.25, -0.2) is 12.8 Å². The third kappa shape index (κ3) is 6.91. The number of hydrogen-bond acceptors (Lipinski definition) is 4. The Morgan fingerprint density at radius 2 is 1.73 bits per heavy atom. The van der Waals surface area contributed by atoms with E-state index < -0.39 is 40.2 Å². The van der Waals surface area contributed by atoms with Gasteiger partial charge in [0, 0.05) is 23.2 Å². The van der Waals surface area contributed by atoms with E-state index in [1.165, 1.54) is 30.0 Å². The summed E-state index contributed by atoms with van der Waals surface area (Å²) in [6, 6.07) is 9.52. The molecular weight excluding hydrogens is 469 g/mol. The van der Waals surface area contributed by atoms with Crippen LogP contribution < -0.4 is 9.62 Å². The first kappa shape index (κ1) is 26.6. The van der Waals surface area contributed by atoms with Crippen molar-refractivity contribution in [2.75, 3.05) is 17.1 Å². The summed E-state index contributed by atoms with van der Waals surface area (Å²) in [5.41, 5.74) is 0.951. The minimum absolute atomic E-state index is 0.174. The van der Waals surface area contributed by atoms with Gasteiger partial charge in [0.05, 0.1) is 11.9 Å². The van der Waals surface area contributed by atoms with E-state index in [2.05, 4.69) is 5.32 Å². The molecule has 0 unspecified atom stereocenters. The van der Waals surface area contributed by atoms with Crippen molar-refractivity contribution in [2.24, 2.45) is 0 Å². The molecule has 0 radical (unpaired) electrons. The van der Waals surface area contributed by atoms with Crippen LogP contribution in [0.3, 0.4) is 0 Å². The van der Waals surface area contributed by atoms with E-state index in [4.69, 9.17) is 11.6 Å². The van der Waals surface area contributed by atoms with E-state index >= 15 is 0 Å². The molecule has 2 aromatic carbocycles. The van der Waals surface area contributed by atoms with Crippen molar-refractivity contribution < 1.29 is 22.4 Å². The van der Waals surface area contributed by atoms with Gasteiger partial charge in [0.2, 0.25) is 21.8 Å². The molecule has 180 valence electrons. The van der Waals surface area contributed by atoms with Gasteiger partial charge in [0.15, 0.2) is 0 Å². The topological polar surface area (TPSA) is 86.8 Å². The first-order valence-electron chi connectivity index (χ1n) is 10.4. The maximum absolute atomic E-state index is 14.3. The monoisotopic (exact) mass is 497 g/mol. The highest BCUT2D eigenvalue weighted by molar-refractivity contribution is 7.92. The molecule has 0 bridgehead atoms. The van der Waals surface area contributed by atoms with Gasteiger partial charge in [-0.1, -0.05) is 35.9 Å². The average Bonchev–Trinajstić information content (AvgIpc) is 2.71. The number of carbonyl (C=O) groups excluding carboxylic acids is 2. The first-order chi connectivity index (χ1) is 15.3. The normalized spacial score (nSPS) is 12.4. The highest BCUT2D eigenvalue weighted by atomic mass is 35.5. The molecular formula is C23H29ClFN3O4S. The van der Waals surface area contributed by atoms with Gasteiger partial charge >= 0.3 is 0 Å². The zero-order valence-corrected chi connectivity index (χ0v) is 20.9. The molecule has 2 amide bonds. The Bertz CT molecular complexity index is 1120. The first-order valence-corrected chi connectivity index (χ1v) is 12.6. The molecule has 0 spiro atoms. The van der Waals surface area contributed by atoms with E-state index in [1.54, 1.807) is 45.0 Å². The smallest absolute Gasteiger partial charge is 0.244 e. The van der Waals surface area contributed by atoms with E-state index in [9.17, 15) is 22.4 Å². The molecule has 2 rings (SSSR count). The second kappa shape index (κ2) is 11.0. The number of sulfonamides is 1. The fourth-order valence-corrected chi connectivity index (χ4v) is 4.33. The van der Waals surface area contributed by atoms with Crippen LogP contribution in [0.4, 0.5) is 10.1 Å². The van der Waals surface area contributed by atoms with Crippen LogP contribution in [-0.2, 0) is 26.2 Å². The molecule has 0 aliphatic heterocycles. The van der Waals surface area contributed by atoms with Crippen LogP contribution in [0.5, 0.6) is 0 Å². The summed E-state index contributed by atoms with van der Waals surface area (Å²) in [4.78, 5) is 27.3. The van der Waals surface area contributed by atoms with Crippen molar-refractivity contribution in [3.63, 3.8) is 0 Å². The van der Waals surface area contributed by atoms with Crippen LogP contribution in [0, 0.1) is 12.7 Å². The van der Waals surface area contributed by atoms with Crippen LogP contribution in [0.15, 0.2) is 42.5 Å². The van der Waals surface area contributed by atoms with Crippen molar-refractivity contribution in [1.82, 2.24) is 10.2 Å². The lowest BCUT2D eigenvalue weighted by molar-refractivity contribution is -0.139. The minimum Gasteiger partial charge on any atom is -0.352 e. The Morgan fingerprint density at radius 1 is 1.09 bits per heavy atom. The maximum Gasteiger partial charge on any atom is 0.244 e. The van der Waals surface area contributed by atoms with Crippen molar-refractivity contribution >= 4 is 39.1 Å². The molecule has 0 fully saturated rings. The predicted molar refractivity (Wildman–Crippen MR) is 128 cm³/mol. The fraction of sp³-hybridized carbons (Fsp3) is 0.391. The quantitative estimate of drug-likeness (QED) is 0.574. The van der Waals surface area contributed by atoms with Crippen LogP contribution in [-0.4, -0.2) is 50.0 Å². The Balaban J connectivity index is 2.45. The molecule has 1 N–H and O–H groups in total. The molecule has 33 heavy (non-hydrogen) atoms. The fourth-order valence-electron chi connectivity index (χ4n) is 3.26. The standard InChI is InChI=1S/C23H29ClFN3O4S/c1-15(2)26-23(30)17(4)27(13-18-9-6-7-11-20(18)25)22(29)14-28(33(5,31)32)21-12-8-10-19(24)16(21)3/h6-12,15,17H,13-14H2,1-5H3,(H,26,30)/t17-/m1/s1. The van der Waals surface area contributed by atoms with Gasteiger partial charge < -0.3 is 10.2 Å². The molecule has 0 saturated heterocycles. The van der Waals surface area contributed by atoms with Crippen molar-refractivity contribution in [2.45, 2.75) is 46.3 Å². The van der Waals surface area contributed by atoms with Crippen molar-refractivity contribution in [3.8, 4) is 0 Å². The van der Waals surface area contributed by atoms with Crippen molar-refractivity contribution in [1.29, 1.82) is 0 Å². The van der Waals surface area contributed by atoms with E-state index in [0.717, 1.165) is 10.6 Å². The third-order valence-electron chi connectivity index (χ3n) is 5.08. The Kier molecular flexibility index (Phi) is 8.85. The molecule has 0 saturated carbocycles. The number of nitrogens with one attached hydrogen (secondary N) is 1. The Labute approximate surface area is 199 Å². The lowest BCUT2D eigenvalue weighted by Gasteiger charge is -2.32. The maximum atomic E-state index is 14.3. The summed E-state index contributed by atoms with van der Waals surface area (Å²) in [6.45, 7) is 5.95. The largest absolute Gasteiger partial charge is 0.352 e. The molecule has 0 heterocycles. The van der Waals surface area contributed by atoms with Crippen LogP contribution in [0.1, 0.15) is 31.9 Å². The van der Waals surface area contributed by atoms with E-state index in [-0.39, 0.29) is 23.8 Å². The van der Waals surface area contributed by atoms with Crippen LogP contribution in [0.25, 0.3) is 0 Å². The van der Waals surface area contributed by atoms with Gasteiger partial charge in [0.1, 0.15) is 18.4 Å². The summed E-state index contributed by atoms with van der Waals surface area (Å²) in [6.07, 6.45) is 0.983. The zero-order chi connectivity index (χ0) is 24.9. The summed E-state index contributed by atoms with van der Waals surface area (Å²) in [5.74, 6) is -1.62. The van der Waals surface area contributed by atoms with E-state index in [1.807, 2.05) is 0 Å².